The molecule has 1 heterocycles. The molecule has 1 aliphatic heterocycles. The molecular formula is C20H20N2O. The van der Waals surface area contributed by atoms with Gasteiger partial charge in [-0.05, 0) is 62.1 Å². The molecule has 116 valence electrons. The van der Waals surface area contributed by atoms with Crippen LogP contribution in [0.5, 0.6) is 0 Å². The van der Waals surface area contributed by atoms with Crippen LogP contribution in [0.25, 0.3) is 6.08 Å². The number of amidine groups is 1. The monoisotopic (exact) mass is 304 g/mol. The van der Waals surface area contributed by atoms with Gasteiger partial charge in [0.2, 0.25) is 0 Å². The first-order valence-corrected chi connectivity index (χ1v) is 7.70. The number of carbonyl (C=O) groups is 1. The van der Waals surface area contributed by atoms with E-state index in [-0.39, 0.29) is 5.91 Å². The van der Waals surface area contributed by atoms with Gasteiger partial charge in [0.1, 0.15) is 11.5 Å². The van der Waals surface area contributed by atoms with Crippen LogP contribution in [0.15, 0.2) is 47.1 Å². The lowest BCUT2D eigenvalue weighted by Gasteiger charge is -2.04. The summed E-state index contributed by atoms with van der Waals surface area (Å²) in [5.41, 5.74) is 7.16. The van der Waals surface area contributed by atoms with E-state index in [4.69, 9.17) is 0 Å². The average Bonchev–Trinajstić information content (AvgIpc) is 2.86. The van der Waals surface area contributed by atoms with Gasteiger partial charge in [-0.25, -0.2) is 4.99 Å². The Hall–Kier alpha value is -2.68. The maximum Gasteiger partial charge on any atom is 0.275 e. The average molecular weight is 304 g/mol. The molecule has 0 spiro atoms. The summed E-state index contributed by atoms with van der Waals surface area (Å²) in [6.07, 6.45) is 1.85. The molecule has 2 aromatic rings. The summed E-state index contributed by atoms with van der Waals surface area (Å²) in [4.78, 5) is 16.7. The predicted octanol–water partition coefficient (Wildman–Crippen LogP) is 3.84. The third-order valence-electron chi connectivity index (χ3n) is 4.19. The van der Waals surface area contributed by atoms with E-state index >= 15 is 0 Å². The molecule has 0 aliphatic carbocycles. The van der Waals surface area contributed by atoms with Crippen LogP contribution >= 0.6 is 0 Å². The fourth-order valence-corrected chi connectivity index (χ4v) is 2.63. The number of aliphatic imine (C=N–C) groups is 1. The van der Waals surface area contributed by atoms with Crippen LogP contribution in [0.3, 0.4) is 0 Å². The SMILES string of the molecule is Cc1ccc(/C=C2\N=C(c3ccc(C)c(C)c3)NC2=O)c(C)c1. The van der Waals surface area contributed by atoms with Gasteiger partial charge in [0, 0.05) is 5.56 Å². The van der Waals surface area contributed by atoms with Gasteiger partial charge < -0.3 is 5.32 Å². The molecule has 1 aliphatic rings. The molecule has 23 heavy (non-hydrogen) atoms. The molecule has 0 radical (unpaired) electrons. The number of amides is 1. The van der Waals surface area contributed by atoms with Crippen molar-refractivity contribution in [3.05, 3.63) is 75.5 Å². The molecule has 0 fully saturated rings. The van der Waals surface area contributed by atoms with Gasteiger partial charge in [0.05, 0.1) is 0 Å². The summed E-state index contributed by atoms with van der Waals surface area (Å²) < 4.78 is 0. The lowest BCUT2D eigenvalue weighted by molar-refractivity contribution is -0.115. The summed E-state index contributed by atoms with van der Waals surface area (Å²) in [6, 6.07) is 12.3. The summed E-state index contributed by atoms with van der Waals surface area (Å²) in [7, 11) is 0. The number of benzene rings is 2. The van der Waals surface area contributed by atoms with E-state index in [1.165, 1.54) is 16.7 Å². The molecule has 0 saturated heterocycles. The van der Waals surface area contributed by atoms with Crippen LogP contribution in [0.2, 0.25) is 0 Å². The minimum atomic E-state index is -0.154. The van der Waals surface area contributed by atoms with Crippen molar-refractivity contribution in [2.24, 2.45) is 4.99 Å². The number of nitrogens with zero attached hydrogens (tertiary/aromatic N) is 1. The zero-order chi connectivity index (χ0) is 16.6. The van der Waals surface area contributed by atoms with E-state index in [0.29, 0.717) is 11.5 Å². The maximum atomic E-state index is 12.2. The van der Waals surface area contributed by atoms with Crippen molar-refractivity contribution in [1.82, 2.24) is 5.32 Å². The van der Waals surface area contributed by atoms with E-state index in [0.717, 1.165) is 16.7 Å². The van der Waals surface area contributed by atoms with Crippen molar-refractivity contribution in [2.75, 3.05) is 0 Å². The Morgan fingerprint density at radius 2 is 1.70 bits per heavy atom. The lowest BCUT2D eigenvalue weighted by Crippen LogP contribution is -2.24. The Morgan fingerprint density at radius 1 is 0.913 bits per heavy atom. The number of rotatable bonds is 2. The molecular weight excluding hydrogens is 284 g/mol. The molecule has 3 heteroatoms. The molecule has 0 aromatic heterocycles. The first kappa shape index (κ1) is 15.2. The second kappa shape index (κ2) is 5.84. The quantitative estimate of drug-likeness (QED) is 0.842. The largest absolute Gasteiger partial charge is 0.305 e. The number of carbonyl (C=O) groups excluding carboxylic acids is 1. The predicted molar refractivity (Wildman–Crippen MR) is 94.5 cm³/mol. The Labute approximate surface area is 136 Å². The summed E-state index contributed by atoms with van der Waals surface area (Å²) in [5.74, 6) is 0.465. The summed E-state index contributed by atoms with van der Waals surface area (Å²) >= 11 is 0. The maximum absolute atomic E-state index is 12.2. The highest BCUT2D eigenvalue weighted by Crippen LogP contribution is 2.19. The van der Waals surface area contributed by atoms with E-state index in [9.17, 15) is 4.79 Å². The second-order valence-corrected chi connectivity index (χ2v) is 6.10. The number of hydrogen-bond acceptors (Lipinski definition) is 2. The van der Waals surface area contributed by atoms with Crippen molar-refractivity contribution in [3.8, 4) is 0 Å². The van der Waals surface area contributed by atoms with E-state index in [1.807, 2.05) is 37.3 Å². The standard InChI is InChI=1S/C20H20N2O/c1-12-5-7-16(15(4)9-12)11-18-20(23)22-19(21-18)17-8-6-13(2)14(3)10-17/h5-11H,1-4H3,(H,21,22,23)/b18-11-. The first-order chi connectivity index (χ1) is 10.9. The molecule has 0 bridgehead atoms. The second-order valence-electron chi connectivity index (χ2n) is 6.10. The number of nitrogens with one attached hydrogen (secondary N) is 1. The Balaban J connectivity index is 1.97. The van der Waals surface area contributed by atoms with Crippen molar-refractivity contribution in [3.63, 3.8) is 0 Å². The highest BCUT2D eigenvalue weighted by molar-refractivity contribution is 6.19. The van der Waals surface area contributed by atoms with Gasteiger partial charge in [0.15, 0.2) is 0 Å². The van der Waals surface area contributed by atoms with Crippen LogP contribution < -0.4 is 5.32 Å². The third-order valence-corrected chi connectivity index (χ3v) is 4.19. The van der Waals surface area contributed by atoms with Gasteiger partial charge in [0.25, 0.3) is 5.91 Å². The lowest BCUT2D eigenvalue weighted by atomic mass is 10.0. The number of hydrogen-bond donors (Lipinski definition) is 1. The van der Waals surface area contributed by atoms with Crippen molar-refractivity contribution in [2.45, 2.75) is 27.7 Å². The van der Waals surface area contributed by atoms with Gasteiger partial charge in [-0.3, -0.25) is 4.79 Å². The Kier molecular flexibility index (Phi) is 3.87. The Morgan fingerprint density at radius 3 is 2.39 bits per heavy atom. The van der Waals surface area contributed by atoms with E-state index in [2.05, 4.69) is 43.2 Å². The van der Waals surface area contributed by atoms with Crippen molar-refractivity contribution < 1.29 is 4.79 Å². The normalized spacial score (nSPS) is 15.7. The smallest absolute Gasteiger partial charge is 0.275 e. The first-order valence-electron chi connectivity index (χ1n) is 7.70. The number of aryl methyl sites for hydroxylation is 4. The van der Waals surface area contributed by atoms with Crippen LogP contribution in [-0.2, 0) is 4.79 Å². The van der Waals surface area contributed by atoms with Crippen molar-refractivity contribution in [1.29, 1.82) is 0 Å². The molecule has 0 saturated carbocycles. The molecule has 1 amide bonds. The molecule has 1 N–H and O–H groups in total. The van der Waals surface area contributed by atoms with Gasteiger partial charge in [-0.15, -0.1) is 0 Å². The highest BCUT2D eigenvalue weighted by Gasteiger charge is 2.21. The van der Waals surface area contributed by atoms with Crippen LogP contribution in [0, 0.1) is 27.7 Å². The zero-order valence-electron chi connectivity index (χ0n) is 13.9. The third kappa shape index (κ3) is 3.09. The molecule has 3 nitrogen and oxygen atoms in total. The summed E-state index contributed by atoms with van der Waals surface area (Å²) in [6.45, 7) is 8.23. The Bertz CT molecular complexity index is 860. The van der Waals surface area contributed by atoms with Crippen LogP contribution in [0.4, 0.5) is 0 Å². The molecule has 3 rings (SSSR count). The fourth-order valence-electron chi connectivity index (χ4n) is 2.63. The minimum absolute atomic E-state index is 0.154. The van der Waals surface area contributed by atoms with Gasteiger partial charge in [-0.2, -0.15) is 0 Å². The topological polar surface area (TPSA) is 41.5 Å². The minimum Gasteiger partial charge on any atom is -0.305 e. The van der Waals surface area contributed by atoms with Crippen LogP contribution in [-0.4, -0.2) is 11.7 Å². The van der Waals surface area contributed by atoms with Crippen LogP contribution in [0.1, 0.15) is 33.4 Å². The van der Waals surface area contributed by atoms with Gasteiger partial charge >= 0.3 is 0 Å². The molecule has 0 atom stereocenters. The van der Waals surface area contributed by atoms with Crippen molar-refractivity contribution >= 4 is 17.8 Å². The van der Waals surface area contributed by atoms with Gasteiger partial charge in [-0.1, -0.05) is 35.9 Å². The highest BCUT2D eigenvalue weighted by atomic mass is 16.2. The summed E-state index contributed by atoms with van der Waals surface area (Å²) in [5, 5.41) is 2.86. The van der Waals surface area contributed by atoms with E-state index < -0.39 is 0 Å². The fraction of sp³-hybridized carbons (Fsp3) is 0.200. The molecule has 0 unspecified atom stereocenters. The van der Waals surface area contributed by atoms with E-state index in [1.54, 1.807) is 0 Å². The zero-order valence-corrected chi connectivity index (χ0v) is 13.9. The molecule has 2 aromatic carbocycles.